The first-order valence-corrected chi connectivity index (χ1v) is 7.06. The van der Waals surface area contributed by atoms with Crippen molar-refractivity contribution < 1.29 is 0 Å². The SMILES string of the molecule is Cn1c(=O)c2cc(C#Cc3ccc(Cl)cc3)nnc2n(C)c1=O. The first-order chi connectivity index (χ1) is 11.0. The van der Waals surface area contributed by atoms with Gasteiger partial charge in [0, 0.05) is 24.7 Å². The molecule has 0 bridgehead atoms. The van der Waals surface area contributed by atoms with Crippen LogP contribution < -0.4 is 11.2 Å². The van der Waals surface area contributed by atoms with Crippen LogP contribution in [-0.4, -0.2) is 19.3 Å². The molecule has 0 fully saturated rings. The monoisotopic (exact) mass is 326 g/mol. The molecule has 2 heterocycles. The number of rotatable bonds is 0. The maximum Gasteiger partial charge on any atom is 0.332 e. The highest BCUT2D eigenvalue weighted by Gasteiger charge is 2.10. The number of hydrogen-bond donors (Lipinski definition) is 0. The van der Waals surface area contributed by atoms with E-state index in [4.69, 9.17) is 11.6 Å². The van der Waals surface area contributed by atoms with E-state index in [9.17, 15) is 9.59 Å². The fourth-order valence-corrected chi connectivity index (χ4v) is 2.23. The summed E-state index contributed by atoms with van der Waals surface area (Å²) in [6.45, 7) is 0. The highest BCUT2D eigenvalue weighted by molar-refractivity contribution is 6.30. The Balaban J connectivity index is 2.13. The average molecular weight is 327 g/mol. The second-order valence-electron chi connectivity index (χ2n) is 4.93. The second-order valence-corrected chi connectivity index (χ2v) is 5.37. The zero-order chi connectivity index (χ0) is 16.6. The Hall–Kier alpha value is -2.91. The maximum absolute atomic E-state index is 12.2. The minimum Gasteiger partial charge on any atom is -0.279 e. The minimum atomic E-state index is -0.447. The van der Waals surface area contributed by atoms with Gasteiger partial charge in [-0.15, -0.1) is 10.2 Å². The quantitative estimate of drug-likeness (QED) is 0.580. The molecule has 3 aromatic rings. The van der Waals surface area contributed by atoms with Crippen molar-refractivity contribution in [2.24, 2.45) is 14.1 Å². The zero-order valence-electron chi connectivity index (χ0n) is 12.4. The lowest BCUT2D eigenvalue weighted by molar-refractivity contribution is 0.702. The smallest absolute Gasteiger partial charge is 0.279 e. The molecule has 0 radical (unpaired) electrons. The molecule has 0 aliphatic rings. The van der Waals surface area contributed by atoms with Crippen LogP contribution >= 0.6 is 11.6 Å². The van der Waals surface area contributed by atoms with E-state index in [-0.39, 0.29) is 5.65 Å². The lowest BCUT2D eigenvalue weighted by Gasteiger charge is -2.05. The molecule has 3 rings (SSSR count). The molecular formula is C16H11ClN4O2. The summed E-state index contributed by atoms with van der Waals surface area (Å²) < 4.78 is 2.31. The fourth-order valence-electron chi connectivity index (χ4n) is 2.10. The Morgan fingerprint density at radius 2 is 1.70 bits per heavy atom. The molecule has 23 heavy (non-hydrogen) atoms. The van der Waals surface area contributed by atoms with Gasteiger partial charge in [0.25, 0.3) is 5.56 Å². The van der Waals surface area contributed by atoms with E-state index in [1.807, 2.05) is 0 Å². The summed E-state index contributed by atoms with van der Waals surface area (Å²) in [6, 6.07) is 8.58. The van der Waals surface area contributed by atoms with Gasteiger partial charge < -0.3 is 0 Å². The van der Waals surface area contributed by atoms with Crippen molar-refractivity contribution in [1.29, 1.82) is 0 Å². The van der Waals surface area contributed by atoms with E-state index in [1.165, 1.54) is 24.7 Å². The van der Waals surface area contributed by atoms with Crippen molar-refractivity contribution in [3.63, 3.8) is 0 Å². The van der Waals surface area contributed by atoms with Crippen LogP contribution in [0.2, 0.25) is 5.02 Å². The second kappa shape index (κ2) is 5.71. The topological polar surface area (TPSA) is 69.8 Å². The van der Waals surface area contributed by atoms with Gasteiger partial charge in [0.1, 0.15) is 5.69 Å². The molecule has 0 N–H and O–H groups in total. The van der Waals surface area contributed by atoms with Crippen molar-refractivity contribution in [2.75, 3.05) is 0 Å². The lowest BCUT2D eigenvalue weighted by atomic mass is 10.2. The van der Waals surface area contributed by atoms with Crippen molar-refractivity contribution in [3.8, 4) is 11.8 Å². The number of fused-ring (bicyclic) bond motifs is 1. The van der Waals surface area contributed by atoms with E-state index in [2.05, 4.69) is 22.0 Å². The Bertz CT molecular complexity index is 1090. The van der Waals surface area contributed by atoms with E-state index in [1.54, 1.807) is 24.3 Å². The van der Waals surface area contributed by atoms with E-state index in [0.717, 1.165) is 10.1 Å². The molecule has 0 aliphatic carbocycles. The summed E-state index contributed by atoms with van der Waals surface area (Å²) in [5.41, 5.74) is 0.479. The molecular weight excluding hydrogens is 316 g/mol. The van der Waals surface area contributed by atoms with Crippen LogP contribution in [0.3, 0.4) is 0 Å². The Kier molecular flexibility index (Phi) is 3.72. The summed E-state index contributed by atoms with van der Waals surface area (Å²) in [4.78, 5) is 24.0. The molecule has 0 amide bonds. The van der Waals surface area contributed by atoms with Crippen molar-refractivity contribution in [2.45, 2.75) is 0 Å². The van der Waals surface area contributed by atoms with Gasteiger partial charge in [-0.05, 0) is 36.3 Å². The van der Waals surface area contributed by atoms with Crippen LogP contribution in [0, 0.1) is 11.8 Å². The standard InChI is InChI=1S/C16H11ClN4O2/c1-20-14-13(15(22)21(2)16(20)23)9-12(18-19-14)8-5-10-3-6-11(17)7-4-10/h3-4,6-7,9H,1-2H3. The van der Waals surface area contributed by atoms with Crippen LogP contribution in [0.25, 0.3) is 11.0 Å². The Labute approximate surface area is 136 Å². The maximum atomic E-state index is 12.2. The number of nitrogens with zero attached hydrogens (tertiary/aromatic N) is 4. The van der Waals surface area contributed by atoms with Gasteiger partial charge in [0.15, 0.2) is 5.65 Å². The molecule has 0 spiro atoms. The summed E-state index contributed by atoms with van der Waals surface area (Å²) >= 11 is 5.82. The number of aromatic nitrogens is 4. The third-order valence-electron chi connectivity index (χ3n) is 3.38. The first-order valence-electron chi connectivity index (χ1n) is 6.68. The molecule has 2 aromatic heterocycles. The Morgan fingerprint density at radius 3 is 2.39 bits per heavy atom. The van der Waals surface area contributed by atoms with Crippen LogP contribution in [-0.2, 0) is 14.1 Å². The van der Waals surface area contributed by atoms with Gasteiger partial charge in [-0.1, -0.05) is 17.5 Å². The minimum absolute atomic E-state index is 0.232. The third-order valence-corrected chi connectivity index (χ3v) is 3.63. The number of halogens is 1. The average Bonchev–Trinajstić information content (AvgIpc) is 2.57. The predicted octanol–water partition coefficient (Wildman–Crippen LogP) is 1.08. The van der Waals surface area contributed by atoms with Gasteiger partial charge in [0.05, 0.1) is 5.39 Å². The number of benzene rings is 1. The van der Waals surface area contributed by atoms with Gasteiger partial charge in [-0.3, -0.25) is 13.9 Å². The first kappa shape index (κ1) is 15.0. The predicted molar refractivity (Wildman–Crippen MR) is 87.5 cm³/mol. The van der Waals surface area contributed by atoms with E-state index < -0.39 is 11.2 Å². The molecule has 6 nitrogen and oxygen atoms in total. The zero-order valence-corrected chi connectivity index (χ0v) is 13.1. The van der Waals surface area contributed by atoms with E-state index in [0.29, 0.717) is 16.1 Å². The summed E-state index contributed by atoms with van der Waals surface area (Å²) in [7, 11) is 2.96. The van der Waals surface area contributed by atoms with Crippen LogP contribution in [0.1, 0.15) is 11.3 Å². The van der Waals surface area contributed by atoms with Gasteiger partial charge in [-0.25, -0.2) is 4.79 Å². The largest absolute Gasteiger partial charge is 0.332 e. The highest BCUT2D eigenvalue weighted by Crippen LogP contribution is 2.09. The lowest BCUT2D eigenvalue weighted by Crippen LogP contribution is -2.37. The molecule has 114 valence electrons. The molecule has 0 atom stereocenters. The molecule has 0 saturated heterocycles. The van der Waals surface area contributed by atoms with Crippen molar-refractivity contribution in [3.05, 3.63) is 67.4 Å². The van der Waals surface area contributed by atoms with Crippen LogP contribution in [0.15, 0.2) is 39.9 Å². The van der Waals surface area contributed by atoms with Gasteiger partial charge in [0.2, 0.25) is 0 Å². The molecule has 0 unspecified atom stereocenters. The normalized spacial score (nSPS) is 10.4. The fraction of sp³-hybridized carbons (Fsp3) is 0.125. The van der Waals surface area contributed by atoms with Crippen LogP contribution in [0.4, 0.5) is 0 Å². The molecule has 0 aliphatic heterocycles. The molecule has 1 aromatic carbocycles. The van der Waals surface area contributed by atoms with E-state index >= 15 is 0 Å². The van der Waals surface area contributed by atoms with Crippen molar-refractivity contribution >= 4 is 22.6 Å². The summed E-state index contributed by atoms with van der Waals surface area (Å²) in [5, 5.41) is 8.83. The van der Waals surface area contributed by atoms with Crippen LogP contribution in [0.5, 0.6) is 0 Å². The van der Waals surface area contributed by atoms with Crippen molar-refractivity contribution in [1.82, 2.24) is 19.3 Å². The summed E-state index contributed by atoms with van der Waals surface area (Å²) in [5.74, 6) is 5.78. The highest BCUT2D eigenvalue weighted by atomic mass is 35.5. The Morgan fingerprint density at radius 1 is 1.00 bits per heavy atom. The van der Waals surface area contributed by atoms with Gasteiger partial charge in [-0.2, -0.15) is 0 Å². The third kappa shape index (κ3) is 2.74. The molecule has 0 saturated carbocycles. The number of hydrogen-bond acceptors (Lipinski definition) is 4. The number of aryl methyl sites for hydroxylation is 1. The molecule has 7 heteroatoms. The summed E-state index contributed by atoms with van der Waals surface area (Å²) in [6.07, 6.45) is 0. The van der Waals surface area contributed by atoms with Gasteiger partial charge >= 0.3 is 5.69 Å².